The van der Waals surface area contributed by atoms with Crippen molar-refractivity contribution in [1.29, 1.82) is 0 Å². The predicted molar refractivity (Wildman–Crippen MR) is 64.5 cm³/mol. The van der Waals surface area contributed by atoms with Crippen molar-refractivity contribution in [2.75, 3.05) is 5.33 Å². The van der Waals surface area contributed by atoms with E-state index in [1.807, 2.05) is 0 Å². The average Bonchev–Trinajstić information content (AvgIpc) is 2.14. The first-order valence-corrected chi connectivity index (χ1v) is 5.97. The summed E-state index contributed by atoms with van der Waals surface area (Å²) in [5.74, 6) is 1.00. The minimum absolute atomic E-state index is 0.218. The summed E-state index contributed by atoms with van der Waals surface area (Å²) in [6.45, 7) is 8.38. The van der Waals surface area contributed by atoms with Gasteiger partial charge in [0.05, 0.1) is 0 Å². The van der Waals surface area contributed by atoms with Gasteiger partial charge in [0.15, 0.2) is 0 Å². The highest BCUT2D eigenvalue weighted by Gasteiger charge is 2.06. The van der Waals surface area contributed by atoms with Crippen LogP contribution in [-0.4, -0.2) is 11.4 Å². The fourth-order valence-electron chi connectivity index (χ4n) is 1.31. The SMILES string of the molecule is Cc1cc(C)c(OC(C)CBr)cc1C. The Kier molecular flexibility index (Phi) is 3.99. The van der Waals surface area contributed by atoms with E-state index in [1.165, 1.54) is 16.7 Å². The zero-order chi connectivity index (χ0) is 10.7. The van der Waals surface area contributed by atoms with Crippen molar-refractivity contribution < 1.29 is 4.74 Å². The third kappa shape index (κ3) is 2.74. The molecule has 0 heterocycles. The molecule has 0 aliphatic heterocycles. The van der Waals surface area contributed by atoms with Gasteiger partial charge in [-0.25, -0.2) is 0 Å². The Hall–Kier alpha value is -0.500. The molecule has 0 radical (unpaired) electrons. The molecule has 1 atom stereocenters. The van der Waals surface area contributed by atoms with Crippen LogP contribution in [0, 0.1) is 20.8 Å². The van der Waals surface area contributed by atoms with Gasteiger partial charge in [-0.2, -0.15) is 0 Å². The second-order valence-corrected chi connectivity index (χ2v) is 4.43. The largest absolute Gasteiger partial charge is 0.490 e. The maximum atomic E-state index is 5.78. The van der Waals surface area contributed by atoms with Crippen LogP contribution >= 0.6 is 15.9 Å². The highest BCUT2D eigenvalue weighted by atomic mass is 79.9. The number of alkyl halides is 1. The molecule has 1 rings (SSSR count). The Morgan fingerprint density at radius 2 is 1.71 bits per heavy atom. The molecule has 0 amide bonds. The molecule has 0 saturated carbocycles. The Labute approximate surface area is 94.6 Å². The highest BCUT2D eigenvalue weighted by molar-refractivity contribution is 9.09. The van der Waals surface area contributed by atoms with Crippen LogP contribution in [0.2, 0.25) is 0 Å². The Balaban J connectivity index is 2.92. The molecule has 2 heteroatoms. The quantitative estimate of drug-likeness (QED) is 0.749. The number of benzene rings is 1. The second-order valence-electron chi connectivity index (χ2n) is 3.78. The molecule has 0 aromatic heterocycles. The topological polar surface area (TPSA) is 9.23 Å². The lowest BCUT2D eigenvalue weighted by atomic mass is 10.1. The fourth-order valence-corrected chi connectivity index (χ4v) is 1.44. The first kappa shape index (κ1) is 11.6. The minimum atomic E-state index is 0.218. The summed E-state index contributed by atoms with van der Waals surface area (Å²) in [7, 11) is 0. The van der Waals surface area contributed by atoms with Crippen LogP contribution in [0.3, 0.4) is 0 Å². The number of hydrogen-bond donors (Lipinski definition) is 0. The smallest absolute Gasteiger partial charge is 0.122 e. The van der Waals surface area contributed by atoms with Crippen LogP contribution in [0.4, 0.5) is 0 Å². The maximum Gasteiger partial charge on any atom is 0.122 e. The lowest BCUT2D eigenvalue weighted by Gasteiger charge is -2.15. The van der Waals surface area contributed by atoms with E-state index in [9.17, 15) is 0 Å². The van der Waals surface area contributed by atoms with Crippen molar-refractivity contribution in [3.05, 3.63) is 28.8 Å². The second kappa shape index (κ2) is 4.83. The lowest BCUT2D eigenvalue weighted by Crippen LogP contribution is -2.13. The van der Waals surface area contributed by atoms with Crippen LogP contribution in [0.25, 0.3) is 0 Å². The number of hydrogen-bond acceptors (Lipinski definition) is 1. The van der Waals surface area contributed by atoms with Gasteiger partial charge in [0, 0.05) is 5.33 Å². The molecule has 78 valence electrons. The highest BCUT2D eigenvalue weighted by Crippen LogP contribution is 2.23. The van der Waals surface area contributed by atoms with Crippen molar-refractivity contribution >= 4 is 15.9 Å². The summed E-state index contributed by atoms with van der Waals surface area (Å²) in [4.78, 5) is 0. The van der Waals surface area contributed by atoms with Gasteiger partial charge in [-0.3, -0.25) is 0 Å². The maximum absolute atomic E-state index is 5.78. The Bertz CT molecular complexity index is 320. The van der Waals surface area contributed by atoms with Crippen LogP contribution in [0.15, 0.2) is 12.1 Å². The number of ether oxygens (including phenoxy) is 1. The summed E-state index contributed by atoms with van der Waals surface area (Å²) in [5.41, 5.74) is 3.81. The van der Waals surface area contributed by atoms with E-state index in [0.717, 1.165) is 11.1 Å². The van der Waals surface area contributed by atoms with E-state index < -0.39 is 0 Å². The third-order valence-corrected chi connectivity index (χ3v) is 3.25. The number of rotatable bonds is 3. The summed E-state index contributed by atoms with van der Waals surface area (Å²) >= 11 is 3.40. The van der Waals surface area contributed by atoms with E-state index in [4.69, 9.17) is 4.74 Å². The number of aryl methyl sites for hydroxylation is 3. The van der Waals surface area contributed by atoms with Crippen LogP contribution in [-0.2, 0) is 0 Å². The van der Waals surface area contributed by atoms with Crippen LogP contribution in [0.1, 0.15) is 23.6 Å². The molecule has 0 aliphatic rings. The van der Waals surface area contributed by atoms with Gasteiger partial charge in [-0.05, 0) is 50.5 Å². The van der Waals surface area contributed by atoms with Crippen molar-refractivity contribution in [2.45, 2.75) is 33.8 Å². The predicted octanol–water partition coefficient (Wildman–Crippen LogP) is 3.77. The molecule has 1 aromatic carbocycles. The Morgan fingerprint density at radius 3 is 2.29 bits per heavy atom. The molecule has 1 nitrogen and oxygen atoms in total. The summed E-state index contributed by atoms with van der Waals surface area (Å²) in [5, 5.41) is 0.860. The van der Waals surface area contributed by atoms with Gasteiger partial charge in [-0.15, -0.1) is 0 Å². The molecule has 14 heavy (non-hydrogen) atoms. The molecule has 0 N–H and O–H groups in total. The zero-order valence-corrected chi connectivity index (χ0v) is 10.8. The zero-order valence-electron chi connectivity index (χ0n) is 9.23. The van der Waals surface area contributed by atoms with Gasteiger partial charge in [0.25, 0.3) is 0 Å². The number of halogens is 1. The molecule has 1 aromatic rings. The van der Waals surface area contributed by atoms with Gasteiger partial charge in [0.1, 0.15) is 11.9 Å². The van der Waals surface area contributed by atoms with E-state index in [2.05, 4.69) is 55.8 Å². The van der Waals surface area contributed by atoms with E-state index >= 15 is 0 Å². The monoisotopic (exact) mass is 256 g/mol. The molecule has 0 fully saturated rings. The van der Waals surface area contributed by atoms with E-state index in [1.54, 1.807) is 0 Å². The summed E-state index contributed by atoms with van der Waals surface area (Å²) in [6, 6.07) is 4.29. The van der Waals surface area contributed by atoms with Crippen molar-refractivity contribution in [1.82, 2.24) is 0 Å². The summed E-state index contributed by atoms with van der Waals surface area (Å²) in [6.07, 6.45) is 0.218. The summed E-state index contributed by atoms with van der Waals surface area (Å²) < 4.78 is 5.78. The van der Waals surface area contributed by atoms with Gasteiger partial charge in [0.2, 0.25) is 0 Å². The fraction of sp³-hybridized carbons (Fsp3) is 0.500. The first-order valence-electron chi connectivity index (χ1n) is 4.85. The lowest BCUT2D eigenvalue weighted by molar-refractivity contribution is 0.246. The molecule has 0 spiro atoms. The third-order valence-electron chi connectivity index (χ3n) is 2.34. The van der Waals surface area contributed by atoms with Gasteiger partial charge >= 0.3 is 0 Å². The first-order chi connectivity index (χ1) is 6.54. The minimum Gasteiger partial charge on any atom is -0.490 e. The van der Waals surface area contributed by atoms with Crippen molar-refractivity contribution in [2.24, 2.45) is 0 Å². The van der Waals surface area contributed by atoms with Crippen LogP contribution in [0.5, 0.6) is 5.75 Å². The van der Waals surface area contributed by atoms with Gasteiger partial charge in [-0.1, -0.05) is 22.0 Å². The average molecular weight is 257 g/mol. The Morgan fingerprint density at radius 1 is 1.14 bits per heavy atom. The van der Waals surface area contributed by atoms with Crippen LogP contribution < -0.4 is 4.74 Å². The molecule has 0 aliphatic carbocycles. The van der Waals surface area contributed by atoms with Crippen molar-refractivity contribution in [3.63, 3.8) is 0 Å². The van der Waals surface area contributed by atoms with Crippen molar-refractivity contribution in [3.8, 4) is 5.75 Å². The molecule has 0 bridgehead atoms. The molecular formula is C12H17BrO. The standard InChI is InChI=1S/C12H17BrO/c1-8-5-10(3)12(6-9(8)2)14-11(4)7-13/h5-6,11H,7H2,1-4H3. The molecular weight excluding hydrogens is 240 g/mol. The van der Waals surface area contributed by atoms with E-state index in [-0.39, 0.29) is 6.10 Å². The van der Waals surface area contributed by atoms with Gasteiger partial charge < -0.3 is 4.74 Å². The molecule has 1 unspecified atom stereocenters. The normalized spacial score (nSPS) is 12.6. The van der Waals surface area contributed by atoms with E-state index in [0.29, 0.717) is 0 Å². The molecule has 0 saturated heterocycles.